The van der Waals surface area contributed by atoms with Crippen LogP contribution in [-0.2, 0) is 0 Å². The lowest BCUT2D eigenvalue weighted by Gasteiger charge is -2.35. The Morgan fingerprint density at radius 2 is 1.68 bits per heavy atom. The maximum atomic E-state index is 13.2. The Labute approximate surface area is 225 Å². The molecular formula is C28H30N6O3S. The summed E-state index contributed by atoms with van der Waals surface area (Å²) in [4.78, 5) is 40.6. The van der Waals surface area contributed by atoms with Crippen molar-refractivity contribution in [3.05, 3.63) is 71.1 Å². The number of anilines is 2. The fraction of sp³-hybridized carbons (Fsp3) is 0.286. The number of aromatic nitrogens is 2. The number of urea groups is 1. The highest BCUT2D eigenvalue weighted by atomic mass is 32.1. The third kappa shape index (κ3) is 5.76. The van der Waals surface area contributed by atoms with E-state index in [0.717, 1.165) is 32.0 Å². The highest BCUT2D eigenvalue weighted by Crippen LogP contribution is 2.32. The predicted octanol–water partition coefficient (Wildman–Crippen LogP) is 4.13. The Balaban J connectivity index is 1.27. The van der Waals surface area contributed by atoms with Crippen LogP contribution in [0.15, 0.2) is 60.7 Å². The Morgan fingerprint density at radius 3 is 2.39 bits per heavy atom. The molecule has 3 amide bonds. The smallest absolute Gasteiger partial charge is 0.321 e. The van der Waals surface area contributed by atoms with Crippen molar-refractivity contribution in [1.82, 2.24) is 20.2 Å². The SMILES string of the molecule is Cc1cc2c(N3CCN(C(=O)c4ccc(-c5ccccc5)cc4)CC3)nc(NC(=O)NCCCO)nc2s1. The Hall–Kier alpha value is -4.02. The number of nitrogens with one attached hydrogen (secondary N) is 2. The van der Waals surface area contributed by atoms with Gasteiger partial charge in [0.2, 0.25) is 5.95 Å². The number of carbonyl (C=O) groups excluding carboxylic acids is 2. The maximum absolute atomic E-state index is 13.2. The molecule has 1 aliphatic heterocycles. The van der Waals surface area contributed by atoms with Crippen molar-refractivity contribution in [1.29, 1.82) is 0 Å². The van der Waals surface area contributed by atoms with E-state index in [1.807, 2.05) is 54.3 Å². The zero-order valence-corrected chi connectivity index (χ0v) is 22.0. The zero-order chi connectivity index (χ0) is 26.5. The van der Waals surface area contributed by atoms with Gasteiger partial charge in [-0.1, -0.05) is 42.5 Å². The summed E-state index contributed by atoms with van der Waals surface area (Å²) in [5.74, 6) is 1.00. The highest BCUT2D eigenvalue weighted by Gasteiger charge is 2.25. The van der Waals surface area contributed by atoms with E-state index >= 15 is 0 Å². The molecule has 9 nitrogen and oxygen atoms in total. The third-order valence-corrected chi connectivity index (χ3v) is 7.39. The molecule has 5 rings (SSSR count). The Bertz CT molecular complexity index is 1420. The number of fused-ring (bicyclic) bond motifs is 1. The van der Waals surface area contributed by atoms with E-state index < -0.39 is 6.03 Å². The predicted molar refractivity (Wildman–Crippen MR) is 151 cm³/mol. The van der Waals surface area contributed by atoms with E-state index in [2.05, 4.69) is 43.7 Å². The Morgan fingerprint density at radius 1 is 0.974 bits per heavy atom. The van der Waals surface area contributed by atoms with Crippen LogP contribution in [0.1, 0.15) is 21.7 Å². The highest BCUT2D eigenvalue weighted by molar-refractivity contribution is 7.18. The van der Waals surface area contributed by atoms with Gasteiger partial charge in [-0.25, -0.2) is 9.78 Å². The van der Waals surface area contributed by atoms with Crippen LogP contribution in [0.25, 0.3) is 21.3 Å². The van der Waals surface area contributed by atoms with Gasteiger partial charge in [-0.2, -0.15) is 4.98 Å². The summed E-state index contributed by atoms with van der Waals surface area (Å²) in [6.07, 6.45) is 0.475. The molecular weight excluding hydrogens is 500 g/mol. The minimum absolute atomic E-state index is 0.00877. The number of hydrogen-bond acceptors (Lipinski definition) is 7. The lowest BCUT2D eigenvalue weighted by molar-refractivity contribution is 0.0746. The summed E-state index contributed by atoms with van der Waals surface area (Å²) in [6, 6.07) is 19.5. The molecule has 38 heavy (non-hydrogen) atoms. The van der Waals surface area contributed by atoms with E-state index in [9.17, 15) is 9.59 Å². The first-order valence-electron chi connectivity index (χ1n) is 12.7. The van der Waals surface area contributed by atoms with Crippen LogP contribution in [-0.4, -0.2) is 71.2 Å². The number of aliphatic hydroxyl groups excluding tert-OH is 1. The molecule has 1 aliphatic rings. The van der Waals surface area contributed by atoms with Crippen molar-refractivity contribution in [2.75, 3.05) is 49.5 Å². The minimum atomic E-state index is -0.411. The van der Waals surface area contributed by atoms with Gasteiger partial charge in [0.15, 0.2) is 0 Å². The van der Waals surface area contributed by atoms with Crippen LogP contribution in [0.2, 0.25) is 0 Å². The van der Waals surface area contributed by atoms with Gasteiger partial charge >= 0.3 is 6.03 Å². The van der Waals surface area contributed by atoms with Crippen molar-refractivity contribution in [3.8, 4) is 11.1 Å². The van der Waals surface area contributed by atoms with E-state index in [1.165, 1.54) is 0 Å². The number of aryl methyl sites for hydroxylation is 1. The summed E-state index contributed by atoms with van der Waals surface area (Å²) in [6.45, 7) is 4.77. The second kappa shape index (κ2) is 11.6. The average molecular weight is 531 g/mol. The molecule has 3 N–H and O–H groups in total. The number of piperazine rings is 1. The van der Waals surface area contributed by atoms with Crippen LogP contribution in [0.3, 0.4) is 0 Å². The average Bonchev–Trinajstić information content (AvgIpc) is 3.33. The number of benzene rings is 2. The molecule has 0 saturated carbocycles. The molecule has 2 aromatic heterocycles. The molecule has 2 aromatic carbocycles. The summed E-state index contributed by atoms with van der Waals surface area (Å²) < 4.78 is 0. The van der Waals surface area contributed by atoms with E-state index in [0.29, 0.717) is 44.7 Å². The number of nitrogens with zero attached hydrogens (tertiary/aromatic N) is 4. The standard InChI is InChI=1S/C28H30N6O3S/c1-19-18-23-24(30-27(31-25(23)38-19)32-28(37)29-12-5-17-35)33-13-15-34(16-14-33)26(36)22-10-8-21(9-11-22)20-6-3-2-4-7-20/h2-4,6-11,18,35H,5,12-17H2,1H3,(H2,29,30,31,32,37). The van der Waals surface area contributed by atoms with Gasteiger partial charge in [0.25, 0.3) is 5.91 Å². The lowest BCUT2D eigenvalue weighted by atomic mass is 10.0. The summed E-state index contributed by atoms with van der Waals surface area (Å²) in [7, 11) is 0. The second-order valence-electron chi connectivity index (χ2n) is 9.13. The molecule has 10 heteroatoms. The van der Waals surface area contributed by atoms with Crippen LogP contribution in [0.5, 0.6) is 0 Å². The molecule has 0 unspecified atom stereocenters. The number of rotatable bonds is 7. The quantitative estimate of drug-likeness (QED) is 0.310. The summed E-state index contributed by atoms with van der Waals surface area (Å²) >= 11 is 1.55. The van der Waals surface area contributed by atoms with Crippen LogP contribution in [0.4, 0.5) is 16.6 Å². The van der Waals surface area contributed by atoms with Gasteiger partial charge in [-0.3, -0.25) is 10.1 Å². The van der Waals surface area contributed by atoms with Crippen LogP contribution in [0, 0.1) is 6.92 Å². The monoisotopic (exact) mass is 530 g/mol. The van der Waals surface area contributed by atoms with Crippen molar-refractivity contribution < 1.29 is 14.7 Å². The first-order valence-corrected chi connectivity index (χ1v) is 13.5. The van der Waals surface area contributed by atoms with Gasteiger partial charge in [0.05, 0.1) is 5.39 Å². The number of hydrogen-bond donors (Lipinski definition) is 3. The molecule has 0 spiro atoms. The molecule has 0 radical (unpaired) electrons. The molecule has 1 fully saturated rings. The first-order chi connectivity index (χ1) is 18.5. The maximum Gasteiger partial charge on any atom is 0.321 e. The number of aliphatic hydroxyl groups is 1. The molecule has 3 heterocycles. The van der Waals surface area contributed by atoms with E-state index in [1.54, 1.807) is 11.3 Å². The number of amides is 3. The van der Waals surface area contributed by atoms with Gasteiger partial charge in [0.1, 0.15) is 10.6 Å². The van der Waals surface area contributed by atoms with Gasteiger partial charge < -0.3 is 20.2 Å². The molecule has 0 aliphatic carbocycles. The Kier molecular flexibility index (Phi) is 7.81. The minimum Gasteiger partial charge on any atom is -0.396 e. The van der Waals surface area contributed by atoms with Crippen molar-refractivity contribution in [2.45, 2.75) is 13.3 Å². The molecule has 4 aromatic rings. The number of thiophene rings is 1. The molecule has 0 bridgehead atoms. The number of carbonyl (C=O) groups is 2. The second-order valence-corrected chi connectivity index (χ2v) is 10.4. The van der Waals surface area contributed by atoms with Crippen molar-refractivity contribution in [3.63, 3.8) is 0 Å². The normalized spacial score (nSPS) is 13.5. The first kappa shape index (κ1) is 25.6. The largest absolute Gasteiger partial charge is 0.396 e. The van der Waals surface area contributed by atoms with Crippen LogP contribution < -0.4 is 15.5 Å². The zero-order valence-electron chi connectivity index (χ0n) is 21.2. The van der Waals surface area contributed by atoms with E-state index in [-0.39, 0.29) is 18.5 Å². The third-order valence-electron chi connectivity index (χ3n) is 6.45. The fourth-order valence-electron chi connectivity index (χ4n) is 4.49. The molecule has 0 atom stereocenters. The van der Waals surface area contributed by atoms with Gasteiger partial charge in [0, 0.05) is 49.8 Å². The lowest BCUT2D eigenvalue weighted by Crippen LogP contribution is -2.49. The fourth-order valence-corrected chi connectivity index (χ4v) is 5.36. The van der Waals surface area contributed by atoms with Crippen molar-refractivity contribution >= 4 is 45.3 Å². The summed E-state index contributed by atoms with van der Waals surface area (Å²) in [5, 5.41) is 15.3. The van der Waals surface area contributed by atoms with Gasteiger partial charge in [-0.15, -0.1) is 11.3 Å². The topological polar surface area (TPSA) is 111 Å². The van der Waals surface area contributed by atoms with Gasteiger partial charge in [-0.05, 0) is 42.7 Å². The molecule has 196 valence electrons. The van der Waals surface area contributed by atoms with Crippen molar-refractivity contribution in [2.24, 2.45) is 0 Å². The summed E-state index contributed by atoms with van der Waals surface area (Å²) in [5.41, 5.74) is 2.88. The molecule has 1 saturated heterocycles. The van der Waals surface area contributed by atoms with E-state index in [4.69, 9.17) is 5.11 Å². The van der Waals surface area contributed by atoms with Crippen LogP contribution >= 0.6 is 11.3 Å².